The molecule has 21 heavy (non-hydrogen) atoms. The molecule has 7 heteroatoms. The number of nitrogens with two attached hydrogens (primary N) is 1. The van der Waals surface area contributed by atoms with Gasteiger partial charge in [0.25, 0.3) is 0 Å². The molecule has 0 spiro atoms. The van der Waals surface area contributed by atoms with Crippen LogP contribution in [0, 0.1) is 0 Å². The van der Waals surface area contributed by atoms with Crippen molar-refractivity contribution in [3.05, 3.63) is 53.7 Å². The lowest BCUT2D eigenvalue weighted by Gasteiger charge is -2.09. The van der Waals surface area contributed by atoms with Crippen molar-refractivity contribution in [3.63, 3.8) is 0 Å². The van der Waals surface area contributed by atoms with Gasteiger partial charge in [0, 0.05) is 18.3 Å². The van der Waals surface area contributed by atoms with Crippen molar-refractivity contribution in [2.24, 2.45) is 5.73 Å². The highest BCUT2D eigenvalue weighted by atomic mass is 19.4. The molecule has 0 aliphatic heterocycles. The normalized spacial score (nSPS) is 12.0. The zero-order valence-corrected chi connectivity index (χ0v) is 10.8. The van der Waals surface area contributed by atoms with Gasteiger partial charge in [0.05, 0.1) is 5.56 Å². The number of pyridine rings is 1. The number of hydrogen-bond acceptors (Lipinski definition) is 3. The summed E-state index contributed by atoms with van der Waals surface area (Å²) >= 11 is 0. The van der Waals surface area contributed by atoms with Gasteiger partial charge in [-0.15, -0.1) is 5.10 Å². The van der Waals surface area contributed by atoms with E-state index in [0.717, 1.165) is 11.6 Å². The number of halogens is 3. The topological polar surface area (TPSA) is 56.2 Å². The highest BCUT2D eigenvalue weighted by Crippen LogP contribution is 2.35. The first-order valence-corrected chi connectivity index (χ1v) is 6.21. The van der Waals surface area contributed by atoms with Crippen molar-refractivity contribution in [1.29, 1.82) is 0 Å². The van der Waals surface area contributed by atoms with Crippen LogP contribution in [0.1, 0.15) is 11.1 Å². The number of nitrogens with zero attached hydrogens (tertiary/aromatic N) is 3. The number of hydrogen-bond donors (Lipinski definition) is 1. The molecule has 0 saturated heterocycles. The van der Waals surface area contributed by atoms with Crippen molar-refractivity contribution < 1.29 is 13.2 Å². The van der Waals surface area contributed by atoms with E-state index in [4.69, 9.17) is 5.73 Å². The summed E-state index contributed by atoms with van der Waals surface area (Å²) in [4.78, 5) is 4.16. The van der Waals surface area contributed by atoms with Gasteiger partial charge >= 0.3 is 6.18 Å². The fraction of sp³-hybridized carbons (Fsp3) is 0.143. The maximum Gasteiger partial charge on any atom is 0.417 e. The quantitative estimate of drug-likeness (QED) is 0.790. The van der Waals surface area contributed by atoms with Gasteiger partial charge in [-0.1, -0.05) is 18.2 Å². The minimum Gasteiger partial charge on any atom is -0.326 e. The van der Waals surface area contributed by atoms with Crippen LogP contribution in [0.5, 0.6) is 0 Å². The second-order valence-electron chi connectivity index (χ2n) is 4.52. The Morgan fingerprint density at radius 3 is 2.62 bits per heavy atom. The maximum atomic E-state index is 13.0. The molecule has 2 N–H and O–H groups in total. The molecule has 0 amide bonds. The summed E-state index contributed by atoms with van der Waals surface area (Å²) in [5.74, 6) is 0.0390. The summed E-state index contributed by atoms with van der Waals surface area (Å²) in [5, 5.41) is 4.10. The minimum atomic E-state index is -4.45. The predicted molar refractivity (Wildman–Crippen MR) is 71.3 cm³/mol. The number of benzene rings is 1. The Kier molecular flexibility index (Phi) is 3.13. The summed E-state index contributed by atoms with van der Waals surface area (Å²) in [7, 11) is 0. The van der Waals surface area contributed by atoms with Crippen molar-refractivity contribution in [2.45, 2.75) is 12.7 Å². The smallest absolute Gasteiger partial charge is 0.326 e. The molecule has 2 heterocycles. The molecule has 3 aromatic rings. The van der Waals surface area contributed by atoms with E-state index < -0.39 is 11.7 Å². The van der Waals surface area contributed by atoms with Gasteiger partial charge in [-0.2, -0.15) is 13.2 Å². The Hall–Kier alpha value is -2.41. The second kappa shape index (κ2) is 4.85. The fourth-order valence-electron chi connectivity index (χ4n) is 2.09. The average molecular weight is 292 g/mol. The van der Waals surface area contributed by atoms with Crippen LogP contribution >= 0.6 is 0 Å². The van der Waals surface area contributed by atoms with E-state index in [2.05, 4.69) is 10.1 Å². The number of fused-ring (bicyclic) bond motifs is 1. The standard InChI is InChI=1S/C14H11F3N4/c15-14(16,17)11-4-2-1-3-10(11)13-19-12-7-9(8-18)5-6-21(12)20-13/h1-7H,8,18H2. The molecule has 0 radical (unpaired) electrons. The molecule has 0 fully saturated rings. The zero-order chi connectivity index (χ0) is 15.0. The monoisotopic (exact) mass is 292 g/mol. The van der Waals surface area contributed by atoms with Gasteiger partial charge in [0.1, 0.15) is 0 Å². The van der Waals surface area contributed by atoms with Crippen LogP contribution in [0.3, 0.4) is 0 Å². The van der Waals surface area contributed by atoms with Crippen molar-refractivity contribution in [3.8, 4) is 11.4 Å². The largest absolute Gasteiger partial charge is 0.417 e. The Morgan fingerprint density at radius 2 is 1.90 bits per heavy atom. The molecule has 1 aromatic carbocycles. The van der Waals surface area contributed by atoms with Gasteiger partial charge < -0.3 is 5.73 Å². The predicted octanol–water partition coefficient (Wildman–Crippen LogP) is 2.87. The third-order valence-corrected chi connectivity index (χ3v) is 3.11. The lowest BCUT2D eigenvalue weighted by atomic mass is 10.1. The number of alkyl halides is 3. The van der Waals surface area contributed by atoms with Gasteiger partial charge in [0.2, 0.25) is 0 Å². The summed E-state index contributed by atoms with van der Waals surface area (Å²) in [6.07, 6.45) is -2.82. The van der Waals surface area contributed by atoms with E-state index in [9.17, 15) is 13.2 Å². The second-order valence-corrected chi connectivity index (χ2v) is 4.52. The first-order chi connectivity index (χ1) is 9.99. The number of rotatable bonds is 2. The fourth-order valence-corrected chi connectivity index (χ4v) is 2.09. The summed E-state index contributed by atoms with van der Waals surface area (Å²) in [6.45, 7) is 0.331. The Labute approximate surface area is 118 Å². The van der Waals surface area contributed by atoms with Crippen LogP contribution in [-0.4, -0.2) is 14.6 Å². The molecule has 2 aromatic heterocycles. The summed E-state index contributed by atoms with van der Waals surface area (Å²) < 4.78 is 40.5. The van der Waals surface area contributed by atoms with Gasteiger partial charge in [-0.05, 0) is 23.8 Å². The Morgan fingerprint density at radius 1 is 1.14 bits per heavy atom. The van der Waals surface area contributed by atoms with Gasteiger partial charge in [0.15, 0.2) is 11.5 Å². The van der Waals surface area contributed by atoms with Crippen LogP contribution < -0.4 is 5.73 Å². The van der Waals surface area contributed by atoms with Gasteiger partial charge in [-0.25, -0.2) is 9.50 Å². The summed E-state index contributed by atoms with van der Waals surface area (Å²) in [5.41, 5.74) is 6.05. The average Bonchev–Trinajstić information content (AvgIpc) is 2.89. The molecule has 4 nitrogen and oxygen atoms in total. The molecular formula is C14H11F3N4. The molecule has 0 aliphatic rings. The maximum absolute atomic E-state index is 13.0. The number of aromatic nitrogens is 3. The van der Waals surface area contributed by atoms with E-state index >= 15 is 0 Å². The van der Waals surface area contributed by atoms with Crippen LogP contribution in [0.2, 0.25) is 0 Å². The molecule has 3 rings (SSSR count). The van der Waals surface area contributed by atoms with Crippen LogP contribution in [0.25, 0.3) is 17.0 Å². The third-order valence-electron chi connectivity index (χ3n) is 3.11. The zero-order valence-electron chi connectivity index (χ0n) is 10.8. The molecule has 0 unspecified atom stereocenters. The highest BCUT2D eigenvalue weighted by Gasteiger charge is 2.34. The van der Waals surface area contributed by atoms with Crippen LogP contribution in [0.15, 0.2) is 42.6 Å². The molecule has 0 aliphatic carbocycles. The van der Waals surface area contributed by atoms with Crippen molar-refractivity contribution in [2.75, 3.05) is 0 Å². The summed E-state index contributed by atoms with van der Waals surface area (Å²) in [6, 6.07) is 8.71. The van der Waals surface area contributed by atoms with Crippen LogP contribution in [0.4, 0.5) is 13.2 Å². The lowest BCUT2D eigenvalue weighted by Crippen LogP contribution is -2.07. The molecule has 0 bridgehead atoms. The minimum absolute atomic E-state index is 0.0389. The van der Waals surface area contributed by atoms with E-state index in [1.54, 1.807) is 18.3 Å². The molecule has 0 saturated carbocycles. The van der Waals surface area contributed by atoms with E-state index in [-0.39, 0.29) is 11.4 Å². The van der Waals surface area contributed by atoms with E-state index in [1.807, 2.05) is 0 Å². The Balaban J connectivity index is 2.17. The highest BCUT2D eigenvalue weighted by molar-refractivity contribution is 5.63. The molecular weight excluding hydrogens is 281 g/mol. The lowest BCUT2D eigenvalue weighted by molar-refractivity contribution is -0.137. The molecule has 0 atom stereocenters. The van der Waals surface area contributed by atoms with E-state index in [0.29, 0.717) is 12.2 Å². The Bertz CT molecular complexity index is 792. The van der Waals surface area contributed by atoms with Crippen LogP contribution in [-0.2, 0) is 12.7 Å². The van der Waals surface area contributed by atoms with Crippen molar-refractivity contribution >= 4 is 5.65 Å². The first kappa shape index (κ1) is 13.6. The molecule has 108 valence electrons. The third kappa shape index (κ3) is 2.47. The SMILES string of the molecule is NCc1ccn2nc(-c3ccccc3C(F)(F)F)nc2c1. The van der Waals surface area contributed by atoms with E-state index in [1.165, 1.54) is 22.7 Å². The van der Waals surface area contributed by atoms with Gasteiger partial charge in [-0.3, -0.25) is 0 Å². The first-order valence-electron chi connectivity index (χ1n) is 6.21. The van der Waals surface area contributed by atoms with Crippen molar-refractivity contribution in [1.82, 2.24) is 14.6 Å².